The fourth-order valence-electron chi connectivity index (χ4n) is 5.67. The van der Waals surface area contributed by atoms with E-state index < -0.39 is 29.6 Å². The van der Waals surface area contributed by atoms with Gasteiger partial charge in [-0.15, -0.1) is 0 Å². The molecule has 15 heteroatoms. The van der Waals surface area contributed by atoms with Gasteiger partial charge in [-0.3, -0.25) is 24.2 Å². The molecule has 270 valence electrons. The molecule has 2 heterocycles. The molecule has 0 unspecified atom stereocenters. The number of rotatable bonds is 13. The van der Waals surface area contributed by atoms with Gasteiger partial charge in [0.15, 0.2) is 11.4 Å². The summed E-state index contributed by atoms with van der Waals surface area (Å²) in [6.07, 6.45) is 1.22. The van der Waals surface area contributed by atoms with Crippen LogP contribution in [0.3, 0.4) is 0 Å². The van der Waals surface area contributed by atoms with Crippen LogP contribution in [0.2, 0.25) is 0 Å². The molecule has 1 aromatic carbocycles. The van der Waals surface area contributed by atoms with E-state index in [-0.39, 0.29) is 17.7 Å². The number of aryl methyl sites for hydroxylation is 2. The van der Waals surface area contributed by atoms with Crippen molar-refractivity contribution in [2.24, 2.45) is 0 Å². The summed E-state index contributed by atoms with van der Waals surface area (Å²) in [6, 6.07) is 7.17. The number of hydrogen-bond donors (Lipinski definition) is 5. The minimum absolute atomic E-state index is 0.110. The van der Waals surface area contributed by atoms with E-state index in [0.29, 0.717) is 53.6 Å². The van der Waals surface area contributed by atoms with E-state index in [9.17, 15) is 34.2 Å². The van der Waals surface area contributed by atoms with Crippen LogP contribution in [0.1, 0.15) is 101 Å². The third-order valence-corrected chi connectivity index (χ3v) is 9.01. The van der Waals surface area contributed by atoms with Crippen molar-refractivity contribution in [1.29, 1.82) is 0 Å². The van der Waals surface area contributed by atoms with Crippen molar-refractivity contribution in [3.05, 3.63) is 40.4 Å². The Morgan fingerprint density at radius 1 is 0.898 bits per heavy atom. The molecule has 1 saturated heterocycles. The molecule has 5 amide bonds. The normalized spacial score (nSPS) is 13.5. The van der Waals surface area contributed by atoms with Gasteiger partial charge in [-0.25, -0.2) is 14.6 Å². The van der Waals surface area contributed by atoms with Crippen molar-refractivity contribution in [3.63, 3.8) is 0 Å². The Morgan fingerprint density at radius 2 is 1.47 bits per heavy atom. The van der Waals surface area contributed by atoms with Crippen LogP contribution in [0, 0.1) is 0 Å². The molecule has 1 fully saturated rings. The number of nitrogens with one attached hydrogen (secondary N) is 3. The summed E-state index contributed by atoms with van der Waals surface area (Å²) >= 11 is 1.10. The van der Waals surface area contributed by atoms with E-state index in [1.54, 1.807) is 53.7 Å². The Bertz CT molecular complexity index is 1440. The van der Waals surface area contributed by atoms with Gasteiger partial charge in [0.25, 0.3) is 5.91 Å². The third kappa shape index (κ3) is 11.3. The minimum atomic E-state index is -1.27. The number of nitrogens with zero attached hydrogens (tertiary/aromatic N) is 4. The molecule has 1 aliphatic rings. The zero-order chi connectivity index (χ0) is 36.5. The Balaban J connectivity index is 1.71. The Hall–Kier alpha value is -4.40. The molecule has 2 aromatic rings. The van der Waals surface area contributed by atoms with Crippen LogP contribution < -0.4 is 16.0 Å². The van der Waals surface area contributed by atoms with Crippen LogP contribution in [0.5, 0.6) is 0 Å². The highest BCUT2D eigenvalue weighted by Crippen LogP contribution is 2.28. The summed E-state index contributed by atoms with van der Waals surface area (Å²) in [6.45, 7) is 13.5. The summed E-state index contributed by atoms with van der Waals surface area (Å²) in [4.78, 5) is 71.1. The fraction of sp³-hybridized carbons (Fsp3) is 0.588. The van der Waals surface area contributed by atoms with Gasteiger partial charge < -0.3 is 31.1 Å². The van der Waals surface area contributed by atoms with E-state index in [0.717, 1.165) is 59.1 Å². The van der Waals surface area contributed by atoms with Gasteiger partial charge in [-0.05, 0) is 97.8 Å². The summed E-state index contributed by atoms with van der Waals surface area (Å²) in [5.74, 6) is -0.506. The monoisotopic (exact) mass is 701 g/mol. The fourth-order valence-corrected chi connectivity index (χ4v) is 6.64. The second-order valence-corrected chi connectivity index (χ2v) is 15.1. The molecule has 0 aliphatic carbocycles. The number of anilines is 2. The van der Waals surface area contributed by atoms with E-state index in [2.05, 4.69) is 20.9 Å². The molecule has 0 bridgehead atoms. The molecule has 0 radical (unpaired) electrons. The average molecular weight is 702 g/mol. The highest BCUT2D eigenvalue weighted by molar-refractivity contribution is 7.17. The van der Waals surface area contributed by atoms with Gasteiger partial charge in [-0.2, -0.15) is 0 Å². The van der Waals surface area contributed by atoms with Crippen molar-refractivity contribution < 1.29 is 34.2 Å². The number of hydrogen-bond acceptors (Lipinski definition) is 8. The van der Waals surface area contributed by atoms with Gasteiger partial charge in [0.05, 0.1) is 5.69 Å². The first kappa shape index (κ1) is 39.0. The molecule has 49 heavy (non-hydrogen) atoms. The summed E-state index contributed by atoms with van der Waals surface area (Å²) < 4.78 is 0. The SMILES string of the molecule is CC(=O)Nc1nc(CCc2ccc(NC(N(C(=O)O)C(C)(C)C)N(C(=O)O)C(C)(C)C)cc2)c(C(=O)NCCCC(=O)N2CCCCC2)s1. The van der Waals surface area contributed by atoms with Gasteiger partial charge in [-0.1, -0.05) is 23.5 Å². The van der Waals surface area contributed by atoms with Gasteiger partial charge in [0.1, 0.15) is 4.88 Å². The van der Waals surface area contributed by atoms with Crippen molar-refractivity contribution in [1.82, 2.24) is 25.0 Å². The van der Waals surface area contributed by atoms with Crippen LogP contribution in [-0.4, -0.2) is 96.8 Å². The summed E-state index contributed by atoms with van der Waals surface area (Å²) in [5, 5.41) is 29.2. The minimum Gasteiger partial charge on any atom is -0.465 e. The molecule has 1 aliphatic heterocycles. The highest BCUT2D eigenvalue weighted by Gasteiger charge is 2.43. The summed E-state index contributed by atoms with van der Waals surface area (Å²) in [7, 11) is 0. The van der Waals surface area contributed by atoms with Crippen LogP contribution in [-0.2, 0) is 22.4 Å². The van der Waals surface area contributed by atoms with Crippen molar-refractivity contribution in [2.75, 3.05) is 30.3 Å². The zero-order valence-corrected chi connectivity index (χ0v) is 30.4. The molecule has 0 saturated carbocycles. The van der Waals surface area contributed by atoms with Crippen LogP contribution in [0.25, 0.3) is 0 Å². The molecular formula is C34H51N7O7S. The van der Waals surface area contributed by atoms with Crippen LogP contribution in [0.4, 0.5) is 20.4 Å². The Labute approximate surface area is 292 Å². The molecule has 1 aromatic heterocycles. The average Bonchev–Trinajstić information content (AvgIpc) is 3.39. The lowest BCUT2D eigenvalue weighted by Crippen LogP contribution is -2.66. The quantitative estimate of drug-likeness (QED) is 0.130. The first-order valence-corrected chi connectivity index (χ1v) is 17.4. The number of thiazole rings is 1. The predicted octanol–water partition coefficient (Wildman–Crippen LogP) is 5.66. The maximum absolute atomic E-state index is 13.2. The van der Waals surface area contributed by atoms with Crippen molar-refractivity contribution in [3.8, 4) is 0 Å². The number of carbonyl (C=O) groups excluding carboxylic acids is 3. The Morgan fingerprint density at radius 3 is 1.98 bits per heavy atom. The number of likely N-dealkylation sites (tertiary alicyclic amines) is 1. The maximum Gasteiger partial charge on any atom is 0.410 e. The lowest BCUT2D eigenvalue weighted by Gasteiger charge is -2.48. The molecule has 0 spiro atoms. The predicted molar refractivity (Wildman–Crippen MR) is 189 cm³/mol. The van der Waals surface area contributed by atoms with Gasteiger partial charge in [0, 0.05) is 49.7 Å². The van der Waals surface area contributed by atoms with E-state index in [1.165, 1.54) is 6.92 Å². The topological polar surface area (TPSA) is 185 Å². The molecule has 5 N–H and O–H groups in total. The first-order chi connectivity index (χ1) is 22.9. The second-order valence-electron chi connectivity index (χ2n) is 14.1. The number of carboxylic acid groups (broad SMARTS) is 2. The molecular weight excluding hydrogens is 650 g/mol. The number of aromatic nitrogens is 1. The molecule has 0 atom stereocenters. The number of amides is 5. The third-order valence-electron chi connectivity index (χ3n) is 8.00. The number of piperidine rings is 1. The highest BCUT2D eigenvalue weighted by atomic mass is 32.1. The standard InChI is InChI=1S/C34H51N7O7S/c1-22(42)36-29-38-25(27(49-29)28(44)35-19-11-12-26(43)39-20-9-8-10-21-39)18-15-23-13-16-24(17-14-23)37-30(40(31(45)46)33(2,3)4)41(32(47)48)34(5,6)7/h13-14,16-17,30,37H,8-12,15,18-21H2,1-7H3,(H,35,44)(H,45,46)(H,47,48)(H,36,38,42). The smallest absolute Gasteiger partial charge is 0.410 e. The van der Waals surface area contributed by atoms with Crippen LogP contribution >= 0.6 is 11.3 Å². The van der Waals surface area contributed by atoms with E-state index in [4.69, 9.17) is 0 Å². The lowest BCUT2D eigenvalue weighted by molar-refractivity contribution is -0.132. The zero-order valence-electron chi connectivity index (χ0n) is 29.6. The largest absolute Gasteiger partial charge is 0.465 e. The first-order valence-electron chi connectivity index (χ1n) is 16.6. The number of benzene rings is 1. The molecule has 3 rings (SSSR count). The Kier molecular flexibility index (Phi) is 13.4. The second kappa shape index (κ2) is 16.8. The van der Waals surface area contributed by atoms with Crippen molar-refractivity contribution >= 4 is 52.1 Å². The van der Waals surface area contributed by atoms with E-state index >= 15 is 0 Å². The van der Waals surface area contributed by atoms with Gasteiger partial charge >= 0.3 is 12.2 Å². The lowest BCUT2D eigenvalue weighted by atomic mass is 10.0. The van der Waals surface area contributed by atoms with Crippen LogP contribution in [0.15, 0.2) is 24.3 Å². The summed E-state index contributed by atoms with van der Waals surface area (Å²) in [5.41, 5.74) is 0.0827. The maximum atomic E-state index is 13.2. The van der Waals surface area contributed by atoms with Gasteiger partial charge in [0.2, 0.25) is 11.8 Å². The molecule has 14 nitrogen and oxygen atoms in total. The van der Waals surface area contributed by atoms with E-state index in [1.807, 2.05) is 17.0 Å². The van der Waals surface area contributed by atoms with Crippen molar-refractivity contribution in [2.45, 2.75) is 111 Å². The number of carbonyl (C=O) groups is 5.